The highest BCUT2D eigenvalue weighted by atomic mass is 16.5. The number of hydrogen-bond donors (Lipinski definition) is 0. The predicted molar refractivity (Wildman–Crippen MR) is 158 cm³/mol. The van der Waals surface area contributed by atoms with E-state index in [1.165, 1.54) is 0 Å². The molecule has 5 rings (SSSR count). The Hall–Kier alpha value is -5.27. The zero-order chi connectivity index (χ0) is 30.1. The fourth-order valence-electron chi connectivity index (χ4n) is 5.00. The zero-order valence-electron chi connectivity index (χ0n) is 23.3. The van der Waals surface area contributed by atoms with Crippen LogP contribution in [0.15, 0.2) is 139 Å². The molecule has 0 aromatic heterocycles. The normalized spacial score (nSPS) is 17.7. The van der Waals surface area contributed by atoms with Gasteiger partial charge in [0.15, 0.2) is 0 Å². The number of hydrogen-bond acceptors (Lipinski definition) is 7. The Morgan fingerprint density at radius 2 is 1.14 bits per heavy atom. The van der Waals surface area contributed by atoms with Gasteiger partial charge in [0.05, 0.1) is 29.1 Å². The van der Waals surface area contributed by atoms with Crippen LogP contribution >= 0.6 is 0 Å². The van der Waals surface area contributed by atoms with E-state index in [2.05, 4.69) is 0 Å². The number of esters is 2. The smallest absolute Gasteiger partial charge is 0.338 e. The van der Waals surface area contributed by atoms with Gasteiger partial charge in [-0.3, -0.25) is 0 Å². The van der Waals surface area contributed by atoms with E-state index in [4.69, 9.17) is 14.2 Å². The van der Waals surface area contributed by atoms with Crippen molar-refractivity contribution in [3.05, 3.63) is 161 Å². The lowest BCUT2D eigenvalue weighted by molar-refractivity contribution is -0.322. The van der Waals surface area contributed by atoms with Crippen molar-refractivity contribution in [1.82, 2.24) is 0 Å². The molecule has 43 heavy (non-hydrogen) atoms. The number of carboxylic acid groups (broad SMARTS) is 1. The molecule has 4 aromatic carbocycles. The van der Waals surface area contributed by atoms with E-state index in [0.29, 0.717) is 11.1 Å². The molecule has 7 heteroatoms. The van der Waals surface area contributed by atoms with Crippen LogP contribution < -0.4 is 5.11 Å². The minimum Gasteiger partial charge on any atom is -0.549 e. The summed E-state index contributed by atoms with van der Waals surface area (Å²) < 4.78 is 17.7. The molecule has 0 heterocycles. The van der Waals surface area contributed by atoms with E-state index in [9.17, 15) is 19.5 Å². The van der Waals surface area contributed by atoms with E-state index in [-0.39, 0.29) is 17.7 Å². The van der Waals surface area contributed by atoms with E-state index >= 15 is 0 Å². The van der Waals surface area contributed by atoms with Crippen molar-refractivity contribution < 1.29 is 33.7 Å². The first-order valence-corrected chi connectivity index (χ1v) is 13.8. The molecule has 0 aliphatic heterocycles. The largest absolute Gasteiger partial charge is 0.549 e. The summed E-state index contributed by atoms with van der Waals surface area (Å²) in [5.74, 6) is -2.87. The number of allylic oxidation sites excluding steroid dienone is 2. The van der Waals surface area contributed by atoms with Crippen molar-refractivity contribution in [3.8, 4) is 0 Å². The molecular weight excluding hydrogens is 544 g/mol. The Bertz CT molecular complexity index is 1610. The highest BCUT2D eigenvalue weighted by molar-refractivity contribution is 5.92. The van der Waals surface area contributed by atoms with Gasteiger partial charge in [-0.25, -0.2) is 9.59 Å². The first-order valence-electron chi connectivity index (χ1n) is 13.8. The van der Waals surface area contributed by atoms with Crippen molar-refractivity contribution in [2.45, 2.75) is 12.7 Å². The summed E-state index contributed by atoms with van der Waals surface area (Å²) in [6, 6.07) is 35.2. The van der Waals surface area contributed by atoms with Crippen molar-refractivity contribution >= 4 is 23.5 Å². The molecule has 0 amide bonds. The van der Waals surface area contributed by atoms with Crippen LogP contribution in [0.25, 0.3) is 5.57 Å². The van der Waals surface area contributed by atoms with Gasteiger partial charge in [0.2, 0.25) is 0 Å². The maximum Gasteiger partial charge on any atom is 0.338 e. The SMILES string of the molecule is O=C(OCC1=CC=C(c2ccccc2)C(OCc2ccccc2)C1(COC(=O)c1ccccc1)C(=O)[O-])c1ccccc1. The Kier molecular flexibility index (Phi) is 9.24. The third-order valence-electron chi connectivity index (χ3n) is 7.31. The molecule has 0 saturated heterocycles. The minimum atomic E-state index is -2.03. The van der Waals surface area contributed by atoms with Crippen molar-refractivity contribution in [1.29, 1.82) is 0 Å². The van der Waals surface area contributed by atoms with Crippen LogP contribution in [0.2, 0.25) is 0 Å². The van der Waals surface area contributed by atoms with Crippen LogP contribution in [-0.2, 0) is 25.6 Å². The molecule has 4 aromatic rings. The highest BCUT2D eigenvalue weighted by Crippen LogP contribution is 2.44. The van der Waals surface area contributed by atoms with E-state index < -0.39 is 42.6 Å². The number of rotatable bonds is 11. The molecule has 0 radical (unpaired) electrons. The molecular formula is C36H29O7-. The Labute approximate surface area is 249 Å². The first kappa shape index (κ1) is 29.2. The van der Waals surface area contributed by atoms with Gasteiger partial charge in [-0.1, -0.05) is 109 Å². The second-order valence-corrected chi connectivity index (χ2v) is 10.00. The number of carboxylic acids is 1. The lowest BCUT2D eigenvalue weighted by Gasteiger charge is -2.45. The van der Waals surface area contributed by atoms with Gasteiger partial charge in [-0.2, -0.15) is 0 Å². The molecule has 7 nitrogen and oxygen atoms in total. The van der Waals surface area contributed by atoms with Crippen molar-refractivity contribution in [2.24, 2.45) is 5.41 Å². The standard InChI is InChI=1S/C36H30O7/c37-33(28-17-9-3-10-18-28)42-24-30-21-22-31(27-15-7-2-8-16-27)32(41-23-26-13-5-1-6-14-26)36(30,35(39)40)25-43-34(38)29-19-11-4-12-20-29/h1-22,32H,23-25H2,(H,39,40)/p-1. The maximum atomic E-state index is 13.4. The monoisotopic (exact) mass is 573 g/mol. The molecule has 2 unspecified atom stereocenters. The number of aliphatic carboxylic acids is 1. The van der Waals surface area contributed by atoms with Crippen LogP contribution in [0.5, 0.6) is 0 Å². The Morgan fingerprint density at radius 3 is 1.70 bits per heavy atom. The summed E-state index contributed by atoms with van der Waals surface area (Å²) >= 11 is 0. The van der Waals surface area contributed by atoms with Crippen LogP contribution in [0.4, 0.5) is 0 Å². The molecule has 2 atom stereocenters. The molecule has 0 N–H and O–H groups in total. The average molecular weight is 574 g/mol. The van der Waals surface area contributed by atoms with Gasteiger partial charge >= 0.3 is 11.9 Å². The Morgan fingerprint density at radius 1 is 0.628 bits per heavy atom. The zero-order valence-corrected chi connectivity index (χ0v) is 23.3. The second-order valence-electron chi connectivity index (χ2n) is 10.00. The van der Waals surface area contributed by atoms with Crippen LogP contribution in [0.1, 0.15) is 31.8 Å². The van der Waals surface area contributed by atoms with Crippen molar-refractivity contribution in [2.75, 3.05) is 13.2 Å². The summed E-state index contributed by atoms with van der Waals surface area (Å²) in [6.07, 6.45) is 2.16. The van der Waals surface area contributed by atoms with Crippen LogP contribution in [-0.4, -0.2) is 37.2 Å². The van der Waals surface area contributed by atoms with Crippen molar-refractivity contribution in [3.63, 3.8) is 0 Å². The van der Waals surface area contributed by atoms with Crippen LogP contribution in [0.3, 0.4) is 0 Å². The number of ether oxygens (including phenoxy) is 3. The topological polar surface area (TPSA) is 102 Å². The fraction of sp³-hybridized carbons (Fsp3) is 0.139. The highest BCUT2D eigenvalue weighted by Gasteiger charge is 2.50. The Balaban J connectivity index is 1.55. The summed E-state index contributed by atoms with van der Waals surface area (Å²) in [6.45, 7) is -0.954. The van der Waals surface area contributed by atoms with Crippen LogP contribution in [0, 0.1) is 5.41 Å². The molecule has 1 aliphatic carbocycles. The number of benzene rings is 4. The molecule has 0 saturated carbocycles. The molecule has 1 aliphatic rings. The van der Waals surface area contributed by atoms with Gasteiger partial charge in [-0.05, 0) is 46.5 Å². The first-order chi connectivity index (χ1) is 21.0. The van der Waals surface area contributed by atoms with E-state index in [1.807, 2.05) is 60.7 Å². The van der Waals surface area contributed by atoms with Gasteiger partial charge in [-0.15, -0.1) is 0 Å². The lowest BCUT2D eigenvalue weighted by Crippen LogP contribution is -2.57. The van der Waals surface area contributed by atoms with Gasteiger partial charge < -0.3 is 24.1 Å². The molecule has 0 fully saturated rings. The quantitative estimate of drug-likeness (QED) is 0.232. The van der Waals surface area contributed by atoms with Gasteiger partial charge in [0.1, 0.15) is 19.3 Å². The van der Waals surface area contributed by atoms with E-state index in [0.717, 1.165) is 11.1 Å². The van der Waals surface area contributed by atoms with Gasteiger partial charge in [0, 0.05) is 0 Å². The van der Waals surface area contributed by atoms with Gasteiger partial charge in [0.25, 0.3) is 0 Å². The summed E-state index contributed by atoms with van der Waals surface area (Å²) in [7, 11) is 0. The third-order valence-corrected chi connectivity index (χ3v) is 7.31. The summed E-state index contributed by atoms with van der Waals surface area (Å²) in [5, 5.41) is 13.4. The summed E-state index contributed by atoms with van der Waals surface area (Å²) in [5.41, 5.74) is 0.785. The minimum absolute atomic E-state index is 0.0639. The molecule has 0 bridgehead atoms. The number of carbonyl (C=O) groups excluding carboxylic acids is 3. The van der Waals surface area contributed by atoms with E-state index in [1.54, 1.807) is 72.8 Å². The fourth-order valence-corrected chi connectivity index (χ4v) is 5.00. The number of carbonyl (C=O) groups is 3. The molecule has 216 valence electrons. The maximum absolute atomic E-state index is 13.4. The summed E-state index contributed by atoms with van der Waals surface area (Å²) in [4.78, 5) is 39.3. The molecule has 0 spiro atoms. The predicted octanol–water partition coefficient (Wildman–Crippen LogP) is 5.05. The average Bonchev–Trinajstić information content (AvgIpc) is 3.06. The second kappa shape index (κ2) is 13.6. The third kappa shape index (κ3) is 6.63. The lowest BCUT2D eigenvalue weighted by atomic mass is 9.69.